The predicted octanol–water partition coefficient (Wildman–Crippen LogP) is 4.09. The first kappa shape index (κ1) is 12.2. The zero-order chi connectivity index (χ0) is 12.8. The van der Waals surface area contributed by atoms with Gasteiger partial charge in [0.05, 0.1) is 11.2 Å². The summed E-state index contributed by atoms with van der Waals surface area (Å²) >= 11 is 0. The molecule has 92 valence electrons. The fourth-order valence-corrected chi connectivity index (χ4v) is 2.19. The fraction of sp³-hybridized carbons (Fsp3) is 0.533. The molecule has 0 bridgehead atoms. The Balaban J connectivity index is 2.82. The SMILES string of the molecule is CC(C)(C)c1nccc2ccn(C(C)(C)C)c12. The summed E-state index contributed by atoms with van der Waals surface area (Å²) in [6.07, 6.45) is 4.08. The van der Waals surface area contributed by atoms with Crippen LogP contribution in [0.5, 0.6) is 0 Å². The summed E-state index contributed by atoms with van der Waals surface area (Å²) in [6, 6.07) is 4.27. The van der Waals surface area contributed by atoms with Crippen LogP contribution in [0.2, 0.25) is 0 Å². The van der Waals surface area contributed by atoms with Crippen LogP contribution in [-0.4, -0.2) is 9.55 Å². The molecule has 0 aliphatic rings. The summed E-state index contributed by atoms with van der Waals surface area (Å²) in [4.78, 5) is 4.60. The van der Waals surface area contributed by atoms with E-state index in [1.165, 1.54) is 16.6 Å². The molecule has 0 radical (unpaired) electrons. The third-order valence-corrected chi connectivity index (χ3v) is 3.03. The number of rotatable bonds is 0. The third-order valence-electron chi connectivity index (χ3n) is 3.03. The molecule has 2 heteroatoms. The van der Waals surface area contributed by atoms with Crippen molar-refractivity contribution in [2.75, 3.05) is 0 Å². The fourth-order valence-electron chi connectivity index (χ4n) is 2.19. The normalized spacial score (nSPS) is 13.3. The molecular formula is C15H22N2. The van der Waals surface area contributed by atoms with Crippen molar-refractivity contribution >= 4 is 10.9 Å². The Kier molecular flexibility index (Phi) is 2.57. The van der Waals surface area contributed by atoms with Gasteiger partial charge in [-0.25, -0.2) is 0 Å². The van der Waals surface area contributed by atoms with Gasteiger partial charge in [-0.15, -0.1) is 0 Å². The van der Waals surface area contributed by atoms with Crippen molar-refractivity contribution in [1.82, 2.24) is 9.55 Å². The van der Waals surface area contributed by atoms with Crippen LogP contribution in [-0.2, 0) is 11.0 Å². The summed E-state index contributed by atoms with van der Waals surface area (Å²) in [5.74, 6) is 0. The van der Waals surface area contributed by atoms with Crippen molar-refractivity contribution in [1.29, 1.82) is 0 Å². The molecule has 17 heavy (non-hydrogen) atoms. The number of nitrogens with zero attached hydrogens (tertiary/aromatic N) is 2. The summed E-state index contributed by atoms with van der Waals surface area (Å²) in [5.41, 5.74) is 2.61. The van der Waals surface area contributed by atoms with Crippen LogP contribution in [0, 0.1) is 0 Å². The van der Waals surface area contributed by atoms with Crippen molar-refractivity contribution in [2.24, 2.45) is 0 Å². The van der Waals surface area contributed by atoms with E-state index in [0.717, 1.165) is 0 Å². The summed E-state index contributed by atoms with van der Waals surface area (Å²) in [7, 11) is 0. The standard InChI is InChI=1S/C15H22N2/c1-14(2,3)13-12-11(7-9-16-13)8-10-17(12)15(4,5)6/h7-10H,1-6H3. The van der Waals surface area contributed by atoms with E-state index < -0.39 is 0 Å². The van der Waals surface area contributed by atoms with Crippen molar-refractivity contribution in [3.05, 3.63) is 30.2 Å². The Hall–Kier alpha value is -1.31. The summed E-state index contributed by atoms with van der Waals surface area (Å²) in [6.45, 7) is 13.3. The van der Waals surface area contributed by atoms with E-state index in [2.05, 4.69) is 69.4 Å². The second kappa shape index (κ2) is 3.59. The molecule has 0 aromatic carbocycles. The van der Waals surface area contributed by atoms with Gasteiger partial charge in [-0.05, 0) is 32.9 Å². The van der Waals surface area contributed by atoms with Crippen LogP contribution in [0.4, 0.5) is 0 Å². The highest BCUT2D eigenvalue weighted by molar-refractivity contribution is 5.83. The van der Waals surface area contributed by atoms with Crippen molar-refractivity contribution < 1.29 is 0 Å². The lowest BCUT2D eigenvalue weighted by Crippen LogP contribution is -2.23. The van der Waals surface area contributed by atoms with Gasteiger partial charge in [0.2, 0.25) is 0 Å². The van der Waals surface area contributed by atoms with Gasteiger partial charge in [0.15, 0.2) is 0 Å². The Morgan fingerprint density at radius 2 is 1.65 bits per heavy atom. The topological polar surface area (TPSA) is 17.8 Å². The number of hydrogen-bond donors (Lipinski definition) is 0. The molecular weight excluding hydrogens is 208 g/mol. The number of fused-ring (bicyclic) bond motifs is 1. The van der Waals surface area contributed by atoms with E-state index in [0.29, 0.717) is 0 Å². The van der Waals surface area contributed by atoms with Crippen LogP contribution in [0.15, 0.2) is 24.5 Å². The molecule has 0 unspecified atom stereocenters. The molecule has 2 heterocycles. The maximum atomic E-state index is 4.60. The molecule has 0 fully saturated rings. The summed E-state index contributed by atoms with van der Waals surface area (Å²) in [5, 5.41) is 1.28. The lowest BCUT2D eigenvalue weighted by molar-refractivity contribution is 0.407. The zero-order valence-electron chi connectivity index (χ0n) is 11.7. The Morgan fingerprint density at radius 1 is 1.00 bits per heavy atom. The Bertz CT molecular complexity index is 536. The number of aromatic nitrogens is 2. The largest absolute Gasteiger partial charge is 0.341 e. The second-order valence-electron chi connectivity index (χ2n) is 6.70. The minimum Gasteiger partial charge on any atom is -0.341 e. The van der Waals surface area contributed by atoms with Gasteiger partial charge < -0.3 is 4.57 Å². The van der Waals surface area contributed by atoms with Gasteiger partial charge in [0, 0.05) is 28.7 Å². The lowest BCUT2D eigenvalue weighted by atomic mass is 9.90. The highest BCUT2D eigenvalue weighted by Gasteiger charge is 2.24. The van der Waals surface area contributed by atoms with Crippen LogP contribution in [0.1, 0.15) is 47.2 Å². The minimum absolute atomic E-state index is 0.0703. The number of pyridine rings is 1. The molecule has 0 aliphatic carbocycles. The van der Waals surface area contributed by atoms with Gasteiger partial charge in [0.1, 0.15) is 0 Å². The quantitative estimate of drug-likeness (QED) is 0.666. The Labute approximate surface area is 104 Å². The average Bonchev–Trinajstić information content (AvgIpc) is 2.57. The lowest BCUT2D eigenvalue weighted by Gasteiger charge is -2.26. The van der Waals surface area contributed by atoms with E-state index in [4.69, 9.17) is 0 Å². The monoisotopic (exact) mass is 230 g/mol. The van der Waals surface area contributed by atoms with E-state index in [-0.39, 0.29) is 11.0 Å². The van der Waals surface area contributed by atoms with Gasteiger partial charge in [0.25, 0.3) is 0 Å². The van der Waals surface area contributed by atoms with Gasteiger partial charge >= 0.3 is 0 Å². The molecule has 0 spiro atoms. The zero-order valence-corrected chi connectivity index (χ0v) is 11.7. The smallest absolute Gasteiger partial charge is 0.0709 e. The maximum absolute atomic E-state index is 4.60. The third kappa shape index (κ3) is 2.08. The molecule has 0 amide bonds. The molecule has 0 saturated heterocycles. The van der Waals surface area contributed by atoms with Crippen LogP contribution in [0.3, 0.4) is 0 Å². The molecule has 0 aliphatic heterocycles. The van der Waals surface area contributed by atoms with Crippen LogP contribution in [0.25, 0.3) is 10.9 Å². The predicted molar refractivity (Wildman–Crippen MR) is 73.4 cm³/mol. The van der Waals surface area contributed by atoms with Crippen molar-refractivity contribution in [3.8, 4) is 0 Å². The van der Waals surface area contributed by atoms with Crippen LogP contribution < -0.4 is 0 Å². The van der Waals surface area contributed by atoms with E-state index >= 15 is 0 Å². The highest BCUT2D eigenvalue weighted by Crippen LogP contribution is 2.31. The molecule has 0 saturated carbocycles. The van der Waals surface area contributed by atoms with Crippen molar-refractivity contribution in [2.45, 2.75) is 52.5 Å². The molecule has 2 rings (SSSR count). The second-order valence-corrected chi connectivity index (χ2v) is 6.70. The molecule has 2 aromatic rings. The summed E-state index contributed by atoms with van der Waals surface area (Å²) < 4.78 is 2.33. The first-order valence-corrected chi connectivity index (χ1v) is 6.18. The maximum Gasteiger partial charge on any atom is 0.0709 e. The highest BCUT2D eigenvalue weighted by atomic mass is 15.0. The number of hydrogen-bond acceptors (Lipinski definition) is 1. The van der Waals surface area contributed by atoms with E-state index in [1.807, 2.05) is 6.20 Å². The van der Waals surface area contributed by atoms with E-state index in [1.54, 1.807) is 0 Å². The van der Waals surface area contributed by atoms with Crippen LogP contribution >= 0.6 is 0 Å². The molecule has 2 nitrogen and oxygen atoms in total. The Morgan fingerprint density at radius 3 is 2.18 bits per heavy atom. The molecule has 0 N–H and O–H groups in total. The molecule has 0 atom stereocenters. The first-order chi connectivity index (χ1) is 7.71. The minimum atomic E-state index is 0.0703. The van der Waals surface area contributed by atoms with Gasteiger partial charge in [-0.3, -0.25) is 4.98 Å². The average molecular weight is 230 g/mol. The van der Waals surface area contributed by atoms with Gasteiger partial charge in [-0.1, -0.05) is 20.8 Å². The van der Waals surface area contributed by atoms with Crippen molar-refractivity contribution in [3.63, 3.8) is 0 Å². The van der Waals surface area contributed by atoms with Gasteiger partial charge in [-0.2, -0.15) is 0 Å². The van der Waals surface area contributed by atoms with E-state index in [9.17, 15) is 0 Å². The first-order valence-electron chi connectivity index (χ1n) is 6.18. The molecule has 2 aromatic heterocycles.